The number of hydrogen-bond acceptors (Lipinski definition) is 16. The van der Waals surface area contributed by atoms with E-state index in [2.05, 4.69) is 20.1 Å². The van der Waals surface area contributed by atoms with Crippen molar-refractivity contribution in [2.24, 2.45) is 17.8 Å². The van der Waals surface area contributed by atoms with Gasteiger partial charge in [0.05, 0.1) is 91.6 Å². The molecule has 0 aromatic carbocycles. The molecule has 4 N–H and O–H groups in total. The quantitative estimate of drug-likeness (QED) is 0.0804. The second-order valence-electron chi connectivity index (χ2n) is 23.0. The third-order valence-electron chi connectivity index (χ3n) is 17.9. The summed E-state index contributed by atoms with van der Waals surface area (Å²) in [5.74, 6) is -1.29. The van der Waals surface area contributed by atoms with Gasteiger partial charge in [0.25, 0.3) is 0 Å². The van der Waals surface area contributed by atoms with E-state index < -0.39 is 97.6 Å². The van der Waals surface area contributed by atoms with Crippen molar-refractivity contribution in [1.82, 2.24) is 0 Å². The van der Waals surface area contributed by atoms with Crippen molar-refractivity contribution in [3.05, 3.63) is 24.3 Å². The molecule has 26 unspecified atom stereocenters. The first kappa shape index (κ1) is 60.2. The molecule has 16 nitrogen and oxygen atoms in total. The Bertz CT molecular complexity index is 1980. The van der Waals surface area contributed by atoms with Gasteiger partial charge in [-0.1, -0.05) is 40.9 Å². The number of halogens is 6. The van der Waals surface area contributed by atoms with Crippen molar-refractivity contribution < 1.29 is 104 Å². The molecule has 10 fully saturated rings. The molecule has 436 valence electrons. The summed E-state index contributed by atoms with van der Waals surface area (Å²) in [5.41, 5.74) is 1.99. The minimum Gasteiger partial charge on any atom is -0.390 e. The van der Waals surface area contributed by atoms with Gasteiger partial charge in [0, 0.05) is 71.0 Å². The molecule has 0 aromatic heterocycles. The van der Waals surface area contributed by atoms with Crippen molar-refractivity contribution in [2.75, 3.05) is 14.2 Å². The smallest absolute Gasteiger partial charge is 0.390 e. The molecule has 10 heterocycles. The molecular weight excluding hydrogens is 1020 g/mol. The SMILES string of the molecule is C=C1CC(CCC23CC4OC5C(OC6CCC(CC(=O)CC7C(CC8OC(CC)CC(C)C8=C)OC(CC(O)C(O)C(F)(F)F)C7OC)OC6C5O2)C4O3)OC1C.CCC1OC(CC(O)C(O)C(F)(F)F)C(OC)C1C. The summed E-state index contributed by atoms with van der Waals surface area (Å²) in [6.07, 6.45) is -20.0. The van der Waals surface area contributed by atoms with Crippen LogP contribution in [0.2, 0.25) is 0 Å². The second-order valence-corrected chi connectivity index (χ2v) is 23.0. The maximum atomic E-state index is 14.1. The van der Waals surface area contributed by atoms with Gasteiger partial charge in [-0.3, -0.25) is 4.79 Å². The number of hydrogen-bond donors (Lipinski definition) is 4. The van der Waals surface area contributed by atoms with Gasteiger partial charge in [-0.15, -0.1) is 0 Å². The molecule has 0 aliphatic carbocycles. The van der Waals surface area contributed by atoms with E-state index in [0.29, 0.717) is 32.1 Å². The van der Waals surface area contributed by atoms with Gasteiger partial charge in [0.1, 0.15) is 36.3 Å². The molecule has 22 heteroatoms. The molecule has 0 radical (unpaired) electrons. The predicted octanol–water partition coefficient (Wildman–Crippen LogP) is 6.53. The Kier molecular flexibility index (Phi) is 19.3. The van der Waals surface area contributed by atoms with Crippen LogP contribution in [-0.2, 0) is 56.9 Å². The van der Waals surface area contributed by atoms with Crippen LogP contribution in [0.15, 0.2) is 24.3 Å². The normalized spacial score (nSPS) is 44.6. The Balaban J connectivity index is 0.000000341. The number of carbonyl (C=O) groups is 1. The Labute approximate surface area is 441 Å². The van der Waals surface area contributed by atoms with Gasteiger partial charge in [0.15, 0.2) is 18.0 Å². The Morgan fingerprint density at radius 1 is 0.684 bits per heavy atom. The molecule has 10 saturated heterocycles. The van der Waals surface area contributed by atoms with Crippen LogP contribution < -0.4 is 0 Å². The van der Waals surface area contributed by atoms with Crippen LogP contribution in [0.5, 0.6) is 0 Å². The van der Waals surface area contributed by atoms with Crippen molar-refractivity contribution in [3.63, 3.8) is 0 Å². The van der Waals surface area contributed by atoms with Crippen LogP contribution in [-0.4, -0.2) is 193 Å². The highest BCUT2D eigenvalue weighted by Gasteiger charge is 2.69. The number of Topliss-reactive ketones (excluding diaryl/α,β-unsaturated/α-hetero) is 1. The molecule has 10 rings (SSSR count). The fourth-order valence-electron chi connectivity index (χ4n) is 13.6. The number of ketones is 1. The van der Waals surface area contributed by atoms with Crippen molar-refractivity contribution in [3.8, 4) is 0 Å². The number of ether oxygens (including phenoxy) is 11. The van der Waals surface area contributed by atoms with E-state index in [1.165, 1.54) is 14.2 Å². The largest absolute Gasteiger partial charge is 0.416 e. The van der Waals surface area contributed by atoms with Crippen LogP contribution in [0, 0.1) is 17.8 Å². The molecule has 0 amide bonds. The van der Waals surface area contributed by atoms with Gasteiger partial charge < -0.3 is 72.5 Å². The Morgan fingerprint density at radius 2 is 1.29 bits per heavy atom. The number of aliphatic hydroxyl groups excluding tert-OH is 4. The van der Waals surface area contributed by atoms with E-state index in [4.69, 9.17) is 57.2 Å². The van der Waals surface area contributed by atoms with Crippen LogP contribution in [0.4, 0.5) is 26.3 Å². The number of methoxy groups -OCH3 is 2. The molecule has 10 aliphatic rings. The first-order valence-electron chi connectivity index (χ1n) is 27.5. The molecule has 10 aliphatic heterocycles. The zero-order valence-electron chi connectivity index (χ0n) is 44.7. The summed E-state index contributed by atoms with van der Waals surface area (Å²) in [6, 6.07) is 0. The zero-order chi connectivity index (χ0) is 55.3. The summed E-state index contributed by atoms with van der Waals surface area (Å²) < 4.78 is 146. The minimum absolute atomic E-state index is 0.0102. The van der Waals surface area contributed by atoms with Crippen LogP contribution >= 0.6 is 0 Å². The third-order valence-corrected chi connectivity index (χ3v) is 17.9. The maximum Gasteiger partial charge on any atom is 0.416 e. The van der Waals surface area contributed by atoms with E-state index in [1.807, 2.05) is 27.7 Å². The average molecular weight is 1100 g/mol. The van der Waals surface area contributed by atoms with Crippen molar-refractivity contribution in [1.29, 1.82) is 0 Å². The molecular formula is C54H82F6O16. The maximum absolute atomic E-state index is 14.1. The van der Waals surface area contributed by atoms with Gasteiger partial charge in [-0.2, -0.15) is 26.3 Å². The first-order chi connectivity index (χ1) is 35.8. The van der Waals surface area contributed by atoms with E-state index in [1.54, 1.807) is 0 Å². The van der Waals surface area contributed by atoms with Crippen LogP contribution in [0.25, 0.3) is 0 Å². The molecule has 76 heavy (non-hydrogen) atoms. The molecule has 26 atom stereocenters. The van der Waals surface area contributed by atoms with Gasteiger partial charge in [0.2, 0.25) is 0 Å². The first-order valence-corrected chi connectivity index (χ1v) is 27.5. The van der Waals surface area contributed by atoms with E-state index in [-0.39, 0.29) is 104 Å². The molecule has 0 saturated carbocycles. The number of alkyl halides is 6. The Hall–Kier alpha value is -1.87. The second kappa shape index (κ2) is 24.3. The monoisotopic (exact) mass is 1100 g/mol. The lowest BCUT2D eigenvalue weighted by molar-refractivity contribution is -0.292. The number of carbonyl (C=O) groups excluding carboxylic acids is 1. The molecule has 6 bridgehead atoms. The van der Waals surface area contributed by atoms with Gasteiger partial charge >= 0.3 is 12.4 Å². The van der Waals surface area contributed by atoms with Crippen molar-refractivity contribution >= 4 is 5.78 Å². The van der Waals surface area contributed by atoms with Crippen LogP contribution in [0.1, 0.15) is 125 Å². The van der Waals surface area contributed by atoms with Gasteiger partial charge in [-0.05, 0) is 68.9 Å². The van der Waals surface area contributed by atoms with E-state index in [0.717, 1.165) is 43.3 Å². The number of rotatable bonds is 19. The van der Waals surface area contributed by atoms with E-state index in [9.17, 15) is 46.5 Å². The lowest BCUT2D eigenvalue weighted by Gasteiger charge is -2.47. The predicted molar refractivity (Wildman–Crippen MR) is 258 cm³/mol. The number of fused-ring (bicyclic) bond motifs is 1. The zero-order valence-corrected chi connectivity index (χ0v) is 44.7. The lowest BCUT2D eigenvalue weighted by Crippen LogP contribution is -2.61. The molecule has 0 aromatic rings. The Morgan fingerprint density at radius 3 is 1.88 bits per heavy atom. The van der Waals surface area contributed by atoms with Crippen molar-refractivity contribution in [2.45, 2.75) is 277 Å². The number of aliphatic hydroxyl groups is 4. The minimum atomic E-state index is -5.02. The highest BCUT2D eigenvalue weighted by atomic mass is 19.4. The van der Waals surface area contributed by atoms with Crippen LogP contribution in [0.3, 0.4) is 0 Å². The third kappa shape index (κ3) is 12.9. The highest BCUT2D eigenvalue weighted by Crippen LogP contribution is 2.54. The fraction of sp³-hybridized carbons (Fsp3) is 0.907. The summed E-state index contributed by atoms with van der Waals surface area (Å²) in [7, 11) is 2.88. The summed E-state index contributed by atoms with van der Waals surface area (Å²) >= 11 is 0. The summed E-state index contributed by atoms with van der Waals surface area (Å²) in [6.45, 7) is 18.4. The fourth-order valence-corrected chi connectivity index (χ4v) is 13.6. The molecule has 0 spiro atoms. The van der Waals surface area contributed by atoms with Gasteiger partial charge in [-0.25, -0.2) is 0 Å². The highest BCUT2D eigenvalue weighted by molar-refractivity contribution is 5.79. The van der Waals surface area contributed by atoms with E-state index >= 15 is 0 Å². The topological polar surface area (TPSA) is 200 Å². The summed E-state index contributed by atoms with van der Waals surface area (Å²) in [5, 5.41) is 38.7. The summed E-state index contributed by atoms with van der Waals surface area (Å²) in [4.78, 5) is 14.1. The average Bonchev–Trinajstić information content (AvgIpc) is 4.11. The standard InChI is InChI=1S/C42H61F3O12.C12H21F3O4/c1-7-24-12-19(2)21(4)30(51-24)17-31-27(34(49-6)32(53-31)16-28(47)40(48)42(43,44)45)15-23(46)14-25-8-9-29-35(52-25)39-38-37(54-29)36-33(55-38)18-41(56-36,57-39)11-10-26-13-20(3)22(5)50-26;1-4-8-6(2)10(18-3)9(19-8)5-7(16)11(17)12(13,14)15/h19,22,24-40,47-48H,3-4,7-18H2,1-2,5-6H3;6-11,16-17H,4-5H2,1-3H3. The lowest BCUT2D eigenvalue weighted by atomic mass is 9.81.